The summed E-state index contributed by atoms with van der Waals surface area (Å²) in [7, 11) is 0.393. The number of nitrogens with one attached hydrogen (secondary N) is 2. The molecule has 0 saturated carbocycles. The first-order chi connectivity index (χ1) is 17.9. The molecule has 0 saturated heterocycles. The monoisotopic (exact) mass is 537 g/mol. The molecule has 11 heteroatoms. The van der Waals surface area contributed by atoms with Gasteiger partial charge in [-0.3, -0.25) is 9.59 Å². The fourth-order valence-corrected chi connectivity index (χ4v) is 6.36. The van der Waals surface area contributed by atoms with Gasteiger partial charge in [0.25, 0.3) is 5.91 Å². The number of rotatable bonds is 8. The molecule has 0 aliphatic carbocycles. The van der Waals surface area contributed by atoms with Gasteiger partial charge in [-0.1, -0.05) is 12.1 Å². The quantitative estimate of drug-likeness (QED) is 0.374. The molecule has 2 amide bonds. The summed E-state index contributed by atoms with van der Waals surface area (Å²) in [5, 5.41) is 12.4. The van der Waals surface area contributed by atoms with Crippen LogP contribution in [0.4, 0.5) is 5.69 Å². The molecule has 2 heterocycles. The van der Waals surface area contributed by atoms with E-state index in [-0.39, 0.29) is 45.7 Å². The molecule has 4 rings (SSSR count). The minimum atomic E-state index is -4.32. The number of amides is 2. The number of carboxylic acids is 1. The summed E-state index contributed by atoms with van der Waals surface area (Å²) in [5.74, 6) is -1.41. The van der Waals surface area contributed by atoms with E-state index in [4.69, 9.17) is 4.74 Å². The van der Waals surface area contributed by atoms with Gasteiger partial charge < -0.3 is 25.0 Å². The number of sulfone groups is 1. The van der Waals surface area contributed by atoms with Crippen molar-refractivity contribution in [1.29, 1.82) is 0 Å². The van der Waals surface area contributed by atoms with Gasteiger partial charge in [0.05, 0.1) is 33.7 Å². The van der Waals surface area contributed by atoms with Crippen molar-refractivity contribution >= 4 is 45.0 Å². The average Bonchev–Trinajstić information content (AvgIpc) is 3.37. The fraction of sp³-hybridized carbons (Fsp3) is 0.222. The lowest BCUT2D eigenvalue weighted by Crippen LogP contribution is -2.22. The van der Waals surface area contributed by atoms with Gasteiger partial charge in [0.2, 0.25) is 15.7 Å². The number of aromatic nitrogens is 1. The van der Waals surface area contributed by atoms with Crippen LogP contribution in [0.5, 0.6) is 5.75 Å². The minimum absolute atomic E-state index is 0.00352. The SMILES string of the molecule is COc1ccc2c(c1)NC(=O)/C2=C/c1[nH]c(C)c(S(=O)(=O)c2ccccc2C(=O)O)c1CCC(=O)N(C)C. The van der Waals surface area contributed by atoms with Gasteiger partial charge in [-0.25, -0.2) is 13.2 Å². The van der Waals surface area contributed by atoms with Gasteiger partial charge in [0.15, 0.2) is 0 Å². The molecule has 2 aromatic carbocycles. The number of methoxy groups -OCH3 is 1. The molecule has 10 nitrogen and oxygen atoms in total. The van der Waals surface area contributed by atoms with Crippen LogP contribution in [-0.2, 0) is 25.8 Å². The maximum atomic E-state index is 13.9. The minimum Gasteiger partial charge on any atom is -0.497 e. The molecule has 198 valence electrons. The third-order valence-corrected chi connectivity index (χ3v) is 8.35. The van der Waals surface area contributed by atoms with E-state index in [1.54, 1.807) is 45.3 Å². The number of fused-ring (bicyclic) bond motifs is 1. The number of aromatic amines is 1. The first kappa shape index (κ1) is 26.7. The molecule has 0 fully saturated rings. The molecule has 0 radical (unpaired) electrons. The maximum Gasteiger partial charge on any atom is 0.337 e. The number of anilines is 1. The molecule has 1 aromatic heterocycles. The van der Waals surface area contributed by atoms with Gasteiger partial charge in [-0.15, -0.1) is 0 Å². The summed E-state index contributed by atoms with van der Waals surface area (Å²) in [5.41, 5.74) is 2.00. The molecule has 3 aromatic rings. The zero-order valence-electron chi connectivity index (χ0n) is 21.3. The van der Waals surface area contributed by atoms with Crippen molar-refractivity contribution in [1.82, 2.24) is 9.88 Å². The Balaban J connectivity index is 1.91. The van der Waals surface area contributed by atoms with Gasteiger partial charge in [0, 0.05) is 43.5 Å². The van der Waals surface area contributed by atoms with Crippen molar-refractivity contribution in [2.24, 2.45) is 0 Å². The van der Waals surface area contributed by atoms with Gasteiger partial charge in [0.1, 0.15) is 5.75 Å². The molecule has 0 unspecified atom stereocenters. The van der Waals surface area contributed by atoms with E-state index in [1.807, 2.05) is 0 Å². The number of nitrogens with zero attached hydrogens (tertiary/aromatic N) is 1. The van der Waals surface area contributed by atoms with Gasteiger partial charge in [-0.2, -0.15) is 0 Å². The van der Waals surface area contributed by atoms with Crippen molar-refractivity contribution < 1.29 is 32.6 Å². The molecule has 0 bridgehead atoms. The maximum absolute atomic E-state index is 13.9. The van der Waals surface area contributed by atoms with E-state index in [2.05, 4.69) is 10.3 Å². The Bertz CT molecular complexity index is 1600. The summed E-state index contributed by atoms with van der Waals surface area (Å²) in [6.07, 6.45) is 1.60. The number of ether oxygens (including phenoxy) is 1. The van der Waals surface area contributed by atoms with Crippen molar-refractivity contribution in [2.45, 2.75) is 29.6 Å². The number of carboxylic acid groups (broad SMARTS) is 1. The topological polar surface area (TPSA) is 146 Å². The van der Waals surface area contributed by atoms with Crippen LogP contribution in [0.1, 0.15) is 39.3 Å². The zero-order chi connectivity index (χ0) is 27.8. The molecule has 3 N–H and O–H groups in total. The van der Waals surface area contributed by atoms with Crippen molar-refractivity contribution in [2.75, 3.05) is 26.5 Å². The van der Waals surface area contributed by atoms with Crippen LogP contribution in [0.3, 0.4) is 0 Å². The lowest BCUT2D eigenvalue weighted by atomic mass is 10.0. The van der Waals surface area contributed by atoms with Crippen molar-refractivity contribution in [3.8, 4) is 5.75 Å². The third-order valence-electron chi connectivity index (χ3n) is 6.32. The van der Waals surface area contributed by atoms with Crippen LogP contribution in [0, 0.1) is 6.92 Å². The van der Waals surface area contributed by atoms with Crippen LogP contribution in [0.25, 0.3) is 11.6 Å². The first-order valence-electron chi connectivity index (χ1n) is 11.7. The Morgan fingerprint density at radius 1 is 1.13 bits per heavy atom. The average molecular weight is 538 g/mol. The lowest BCUT2D eigenvalue weighted by Gasteiger charge is -2.13. The number of carbonyl (C=O) groups excluding carboxylic acids is 2. The molecule has 0 atom stereocenters. The highest BCUT2D eigenvalue weighted by Crippen LogP contribution is 2.38. The first-order valence-corrected chi connectivity index (χ1v) is 13.1. The summed E-state index contributed by atoms with van der Waals surface area (Å²) in [4.78, 5) is 41.1. The fourth-order valence-electron chi connectivity index (χ4n) is 4.45. The second kappa shape index (κ2) is 10.2. The molecular formula is C27H27N3O7S. The Labute approximate surface area is 219 Å². The summed E-state index contributed by atoms with van der Waals surface area (Å²) in [6, 6.07) is 10.5. The zero-order valence-corrected chi connectivity index (χ0v) is 22.1. The van der Waals surface area contributed by atoms with E-state index in [0.29, 0.717) is 33.8 Å². The number of hydrogen-bond acceptors (Lipinski definition) is 6. The predicted molar refractivity (Wildman–Crippen MR) is 141 cm³/mol. The predicted octanol–water partition coefficient (Wildman–Crippen LogP) is 3.38. The highest BCUT2D eigenvalue weighted by atomic mass is 32.2. The number of aryl methyl sites for hydroxylation is 1. The number of benzene rings is 2. The Kier molecular flexibility index (Phi) is 7.14. The second-order valence-electron chi connectivity index (χ2n) is 8.99. The van der Waals surface area contributed by atoms with Gasteiger partial charge in [-0.05, 0) is 49.2 Å². The molecule has 38 heavy (non-hydrogen) atoms. The standard InChI is InChI=1S/C27H27N3O7S/c1-15-25(38(35,36)23-8-6-5-7-19(23)27(33)34)18(11-12-24(31)30(2)3)22(28-15)14-20-17-10-9-16(37-4)13-21(17)29-26(20)32/h5-10,13-14,28H,11-12H2,1-4H3,(H,29,32)(H,33,34)/b20-14+. The van der Waals surface area contributed by atoms with E-state index >= 15 is 0 Å². The Hall–Kier alpha value is -4.38. The molecule has 0 spiro atoms. The molecular weight excluding hydrogens is 510 g/mol. The Morgan fingerprint density at radius 2 is 1.84 bits per heavy atom. The van der Waals surface area contributed by atoms with E-state index in [1.165, 1.54) is 36.3 Å². The van der Waals surface area contributed by atoms with Crippen molar-refractivity contribution in [3.63, 3.8) is 0 Å². The van der Waals surface area contributed by atoms with E-state index in [0.717, 1.165) is 0 Å². The normalized spacial score (nSPS) is 13.8. The summed E-state index contributed by atoms with van der Waals surface area (Å²) < 4.78 is 33.0. The molecule has 1 aliphatic rings. The summed E-state index contributed by atoms with van der Waals surface area (Å²) >= 11 is 0. The van der Waals surface area contributed by atoms with E-state index < -0.39 is 15.8 Å². The van der Waals surface area contributed by atoms with E-state index in [9.17, 15) is 27.9 Å². The third kappa shape index (κ3) is 4.80. The van der Waals surface area contributed by atoms with Crippen LogP contribution in [0.2, 0.25) is 0 Å². The number of hydrogen-bond donors (Lipinski definition) is 3. The number of H-pyrrole nitrogens is 1. The van der Waals surface area contributed by atoms with Crippen molar-refractivity contribution in [3.05, 3.63) is 70.5 Å². The largest absolute Gasteiger partial charge is 0.497 e. The van der Waals surface area contributed by atoms with Gasteiger partial charge >= 0.3 is 5.97 Å². The number of carbonyl (C=O) groups is 3. The lowest BCUT2D eigenvalue weighted by molar-refractivity contribution is -0.128. The number of aromatic carboxylic acids is 1. The highest BCUT2D eigenvalue weighted by molar-refractivity contribution is 7.91. The van der Waals surface area contributed by atoms with Crippen LogP contribution in [-0.4, -0.2) is 62.4 Å². The summed E-state index contributed by atoms with van der Waals surface area (Å²) in [6.45, 7) is 1.56. The smallest absolute Gasteiger partial charge is 0.337 e. The van der Waals surface area contributed by atoms with Crippen LogP contribution in [0.15, 0.2) is 52.3 Å². The Morgan fingerprint density at radius 3 is 2.50 bits per heavy atom. The van der Waals surface area contributed by atoms with Crippen LogP contribution < -0.4 is 10.1 Å². The van der Waals surface area contributed by atoms with Crippen LogP contribution >= 0.6 is 0 Å². The molecule has 1 aliphatic heterocycles. The highest BCUT2D eigenvalue weighted by Gasteiger charge is 2.32. The second-order valence-corrected chi connectivity index (χ2v) is 10.8.